The van der Waals surface area contributed by atoms with Crippen molar-refractivity contribution in [3.05, 3.63) is 0 Å². The molecule has 0 bridgehead atoms. The highest BCUT2D eigenvalue weighted by atomic mass is 19.4. The summed E-state index contributed by atoms with van der Waals surface area (Å²) < 4.78 is 359. The van der Waals surface area contributed by atoms with Crippen LogP contribution >= 0.6 is 0 Å². The van der Waals surface area contributed by atoms with Crippen LogP contribution in [0.5, 0.6) is 0 Å². The molecule has 0 aliphatic carbocycles. The Kier molecular flexibility index (Phi) is 68.1. The van der Waals surface area contributed by atoms with Gasteiger partial charge in [-0.3, -0.25) is 0 Å². The van der Waals surface area contributed by atoms with Gasteiger partial charge in [0, 0.05) is 0 Å². The van der Waals surface area contributed by atoms with Gasteiger partial charge in [-0.2, -0.15) is 119 Å². The smallest absolute Gasteiger partial charge is 0.171 e. The molecule has 0 fully saturated rings. The van der Waals surface area contributed by atoms with E-state index in [0.717, 1.165) is 0 Å². The van der Waals surface area contributed by atoms with Gasteiger partial charge in [0.05, 0.1) is 48.7 Å². The van der Waals surface area contributed by atoms with Crippen LogP contribution < -0.4 is 0 Å². The summed E-state index contributed by atoms with van der Waals surface area (Å²) in [6, 6.07) is 0. The zero-order valence-corrected chi connectivity index (χ0v) is 100. The van der Waals surface area contributed by atoms with Crippen LogP contribution in [0, 0.1) is 189 Å². The van der Waals surface area contributed by atoms with Crippen molar-refractivity contribution in [3.63, 3.8) is 0 Å². The predicted molar refractivity (Wildman–Crippen MR) is 551 cm³/mol. The Hall–Kier alpha value is -1.89. The molecule has 27 heteroatoms. The van der Waals surface area contributed by atoms with Crippen molar-refractivity contribution < 1.29 is 119 Å². The van der Waals surface area contributed by atoms with Gasteiger partial charge in [0.15, 0.2) is 0 Å². The molecule has 0 N–H and O–H groups in total. The molecule has 5 atom stereocenters. The first-order valence-corrected chi connectivity index (χ1v) is 54.3. The maximum Gasteiger partial charge on any atom is 0.395 e. The second-order valence-electron chi connectivity index (χ2n) is 48.9. The predicted octanol–water partition coefficient (Wildman–Crippen LogP) is 47.2. The topological polar surface area (TPSA) is 0 Å². The lowest BCUT2D eigenvalue weighted by Gasteiger charge is -2.57. The number of rotatable bonds is 42. The molecule has 0 saturated heterocycles. The van der Waals surface area contributed by atoms with Gasteiger partial charge >= 0.3 is 55.6 Å². The molecule has 0 aliphatic rings. The van der Waals surface area contributed by atoms with Crippen molar-refractivity contribution in [1.29, 1.82) is 0 Å². The standard InChI is InChI=1S/C17H33F3.C15H29F3.3C13H25F3.2C12H23F3.C11H21F3.C9H17F3/c1-10(2)14(11(3)4)16(9,17(18,19)20)15(12(5)6)13(7)8;1-8-12(5,9-2)14(7,15(16,17)18)13(6,10-3)11-4;1-8(2)11(9(3)4)12(7,10(5)6)13(14,15)16;1-7-8-12(6,13(14,15)16)11(9(2)3)10(4)5;1-6-10(7-2)12(5,13(14,15)16)11(8-3)9-4;1-7-10(5,8-2)11(6,9(3)4)12(13,14)15;1-6-9-11(5,12(13,14)15)10(4,7-2)8-3;1-6-9(7-2)10(5,8(3)4)11(12,13)14;1-6(2)8(5,7(3)4)9(10,11)12/h10-15H,1-9H3;8-11H2,1-7H3;8-11H,1-7H3;9-11H,7-8H2,1-6H3;10-11H,6-9H2,1-5H3;9H,7-8H2,1-6H3;6-9H2,1-5H3;8-9H,6-7H2,1-5H3;6-7H,1-5H3. The van der Waals surface area contributed by atoms with Crippen molar-refractivity contribution in [2.45, 2.75) is 552 Å². The fourth-order valence-electron chi connectivity index (χ4n) is 25.8. The third kappa shape index (κ3) is 37.5. The summed E-state index contributed by atoms with van der Waals surface area (Å²) in [4.78, 5) is 0. The first kappa shape index (κ1) is 158. The van der Waals surface area contributed by atoms with Gasteiger partial charge in [-0.25, -0.2) is 0 Å². The summed E-state index contributed by atoms with van der Waals surface area (Å²) >= 11 is 0. The summed E-state index contributed by atoms with van der Waals surface area (Å²) in [6.45, 7) is 96.2. The minimum absolute atomic E-state index is 0.0154. The minimum Gasteiger partial charge on any atom is -0.171 e. The highest BCUT2D eigenvalue weighted by Gasteiger charge is 2.69. The monoisotopic (exact) mass is 2120 g/mol. The Balaban J connectivity index is -0.000000201. The van der Waals surface area contributed by atoms with Gasteiger partial charge in [-0.15, -0.1) is 0 Å². The summed E-state index contributed by atoms with van der Waals surface area (Å²) in [5.41, 5.74) is -17.0. The largest absolute Gasteiger partial charge is 0.395 e. The minimum atomic E-state index is -4.18. The Labute approximate surface area is 855 Å². The van der Waals surface area contributed by atoms with Crippen LogP contribution in [0.3, 0.4) is 0 Å². The molecule has 0 saturated carbocycles. The van der Waals surface area contributed by atoms with E-state index in [4.69, 9.17) is 0 Å². The molecule has 0 aliphatic heterocycles. The normalized spacial score (nSPS) is 16.2. The van der Waals surface area contributed by atoms with Crippen molar-refractivity contribution in [1.82, 2.24) is 0 Å². The first-order valence-electron chi connectivity index (χ1n) is 54.3. The number of halogens is 27. The SMILES string of the molecule is CC(C)C(C(C)C)C(C)(C(C(C)C)C(C)C)C(F)(F)F.CC(C)C(C(C)C)C(C)(C(C)C)C(F)(F)F.CC(C)C(C)(C(C)C)C(F)(F)F.CCC(C)(CC)C(C)(C(C)C)C(F)(F)F.CCC(C)(CC)C(C)(C(F)(F)F)C(C)(CC)CC.CCC(CC)C(C)(C(C)C)C(F)(F)F.CCC(CC)C(C)(C(CC)CC)C(F)(F)F.CCCC(C)(C(C(C)C)C(C)C)C(F)(F)F.CCCC(C)(C(F)(F)F)C(C)(CC)CC. The average molecular weight is 2120 g/mol. The Morgan fingerprint density at radius 1 is 0.169 bits per heavy atom. The Bertz CT molecular complexity index is 3080. The molecule has 0 amide bonds. The van der Waals surface area contributed by atoms with E-state index in [1.54, 1.807) is 96.9 Å². The lowest BCUT2D eigenvalue weighted by atomic mass is 9.49. The van der Waals surface area contributed by atoms with Gasteiger partial charge in [0.25, 0.3) is 0 Å². The summed E-state index contributed by atoms with van der Waals surface area (Å²) in [7, 11) is 0. The summed E-state index contributed by atoms with van der Waals surface area (Å²) in [5.74, 6) is -3.87. The highest BCUT2D eigenvalue weighted by Crippen LogP contribution is 2.67. The average Bonchev–Trinajstić information content (AvgIpc) is 0.721. The van der Waals surface area contributed by atoms with Crippen LogP contribution in [0.2, 0.25) is 0 Å². The molecule has 0 aromatic carbocycles. The molecule has 142 heavy (non-hydrogen) atoms. The zero-order valence-electron chi connectivity index (χ0n) is 100. The van der Waals surface area contributed by atoms with Crippen LogP contribution in [0.25, 0.3) is 0 Å². The molecule has 5 unspecified atom stereocenters. The molecule has 0 nitrogen and oxygen atoms in total. The van der Waals surface area contributed by atoms with Crippen LogP contribution in [0.15, 0.2) is 0 Å². The van der Waals surface area contributed by atoms with Gasteiger partial charge in [-0.1, -0.05) is 425 Å². The Morgan fingerprint density at radius 3 is 0.472 bits per heavy atom. The van der Waals surface area contributed by atoms with Crippen molar-refractivity contribution >= 4 is 0 Å². The fraction of sp³-hybridized carbons (Fsp3) is 1.00. The number of hydrogen-bond acceptors (Lipinski definition) is 0. The van der Waals surface area contributed by atoms with E-state index in [-0.39, 0.29) is 119 Å². The van der Waals surface area contributed by atoms with E-state index in [9.17, 15) is 119 Å². The van der Waals surface area contributed by atoms with Gasteiger partial charge in [0.2, 0.25) is 0 Å². The third-order valence-electron chi connectivity index (χ3n) is 38.3. The van der Waals surface area contributed by atoms with E-state index >= 15 is 0 Å². The first-order chi connectivity index (χ1) is 62.7. The van der Waals surface area contributed by atoms with E-state index < -0.39 is 138 Å². The Morgan fingerprint density at radius 2 is 0.366 bits per heavy atom. The van der Waals surface area contributed by atoms with Gasteiger partial charge in [0.1, 0.15) is 0 Å². The quantitative estimate of drug-likeness (QED) is 0.0535. The van der Waals surface area contributed by atoms with Gasteiger partial charge < -0.3 is 0 Å². The van der Waals surface area contributed by atoms with E-state index in [1.807, 2.05) is 222 Å². The van der Waals surface area contributed by atoms with Crippen molar-refractivity contribution in [2.24, 2.45) is 189 Å². The molecule has 0 spiro atoms. The van der Waals surface area contributed by atoms with Crippen LogP contribution in [-0.4, -0.2) is 55.6 Å². The number of alkyl halides is 27. The maximum absolute atomic E-state index is 14.0. The molecule has 0 aromatic heterocycles. The van der Waals surface area contributed by atoms with Crippen molar-refractivity contribution in [3.8, 4) is 0 Å². The van der Waals surface area contributed by atoms with E-state index in [1.165, 1.54) is 62.3 Å². The molecule has 0 heterocycles. The lowest BCUT2D eigenvalue weighted by molar-refractivity contribution is -0.301. The highest BCUT2D eigenvalue weighted by molar-refractivity contribution is 5.07. The molecular formula is C115H221F27. The van der Waals surface area contributed by atoms with Crippen LogP contribution in [-0.2, 0) is 0 Å². The summed E-state index contributed by atoms with van der Waals surface area (Å²) in [5, 5.41) is 0. The molecule has 0 aromatic rings. The summed E-state index contributed by atoms with van der Waals surface area (Å²) in [6.07, 6.45) is -27.5. The lowest BCUT2D eigenvalue weighted by Crippen LogP contribution is -2.57. The second-order valence-corrected chi connectivity index (χ2v) is 48.9. The van der Waals surface area contributed by atoms with E-state index in [2.05, 4.69) is 0 Å². The molecule has 870 valence electrons. The second kappa shape index (κ2) is 61.3. The molecule has 0 rings (SSSR count). The van der Waals surface area contributed by atoms with Crippen LogP contribution in [0.4, 0.5) is 119 Å². The van der Waals surface area contributed by atoms with E-state index in [0.29, 0.717) is 103 Å². The molecular weight excluding hydrogens is 1890 g/mol. The third-order valence-corrected chi connectivity index (χ3v) is 38.3. The maximum atomic E-state index is 14.0. The molecule has 0 radical (unpaired) electrons. The number of hydrogen-bond donors (Lipinski definition) is 0. The fourth-order valence-corrected chi connectivity index (χ4v) is 25.8. The van der Waals surface area contributed by atoms with Gasteiger partial charge in [-0.05, 0) is 211 Å². The zero-order chi connectivity index (χ0) is 117. The van der Waals surface area contributed by atoms with Crippen LogP contribution in [0.1, 0.15) is 496 Å². The van der Waals surface area contributed by atoms with Crippen molar-refractivity contribution in [2.75, 3.05) is 0 Å².